The molecule has 0 amide bonds. The third kappa shape index (κ3) is 3.48. The number of halogens is 1. The number of hydrogen-bond acceptors (Lipinski definition) is 3. The average molecular weight is 377 g/mol. The van der Waals surface area contributed by atoms with Crippen molar-refractivity contribution in [2.75, 3.05) is 0 Å². The van der Waals surface area contributed by atoms with Gasteiger partial charge in [-0.15, -0.1) is 0 Å². The van der Waals surface area contributed by atoms with Gasteiger partial charge in [0, 0.05) is 46.9 Å². The molecular formula is C25H16FN3. The highest BCUT2D eigenvalue weighted by atomic mass is 19.1. The summed E-state index contributed by atoms with van der Waals surface area (Å²) in [6, 6.07) is 22.6. The van der Waals surface area contributed by atoms with Crippen LogP contribution in [-0.4, -0.2) is 15.0 Å². The Bertz CT molecular complexity index is 1280. The van der Waals surface area contributed by atoms with E-state index in [-0.39, 0.29) is 5.82 Å². The second kappa shape index (κ2) is 7.24. The molecule has 5 aromatic rings. The van der Waals surface area contributed by atoms with Crippen molar-refractivity contribution in [1.29, 1.82) is 0 Å². The molecule has 0 aliphatic heterocycles. The Morgan fingerprint density at radius 2 is 1.38 bits per heavy atom. The lowest BCUT2D eigenvalue weighted by Crippen LogP contribution is -1.88. The Hall–Kier alpha value is -3.92. The van der Waals surface area contributed by atoms with E-state index in [1.54, 1.807) is 24.5 Å². The molecule has 138 valence electrons. The third-order valence-electron chi connectivity index (χ3n) is 4.92. The molecule has 0 N–H and O–H groups in total. The van der Waals surface area contributed by atoms with E-state index in [9.17, 15) is 4.39 Å². The van der Waals surface area contributed by atoms with Gasteiger partial charge in [-0.25, -0.2) is 4.39 Å². The molecule has 0 spiro atoms. The highest BCUT2D eigenvalue weighted by molar-refractivity contribution is 5.87. The quantitative estimate of drug-likeness (QED) is 0.378. The van der Waals surface area contributed by atoms with Crippen molar-refractivity contribution in [3.8, 4) is 33.5 Å². The SMILES string of the molecule is Fc1ccc(-c2ccc3cc(-c4ccc(-c5cccnc5)nc4)cnc3c2)cc1. The first-order valence-electron chi connectivity index (χ1n) is 9.29. The van der Waals surface area contributed by atoms with Crippen LogP contribution in [0.3, 0.4) is 0 Å². The molecule has 3 heterocycles. The first-order chi connectivity index (χ1) is 14.3. The fourth-order valence-electron chi connectivity index (χ4n) is 3.35. The lowest BCUT2D eigenvalue weighted by molar-refractivity contribution is 0.628. The van der Waals surface area contributed by atoms with Crippen LogP contribution in [-0.2, 0) is 0 Å². The zero-order valence-electron chi connectivity index (χ0n) is 15.5. The molecule has 5 rings (SSSR count). The lowest BCUT2D eigenvalue weighted by Gasteiger charge is -2.07. The molecule has 2 aromatic carbocycles. The molecule has 0 unspecified atom stereocenters. The van der Waals surface area contributed by atoms with Crippen LogP contribution in [0.15, 0.2) is 97.6 Å². The lowest BCUT2D eigenvalue weighted by atomic mass is 10.0. The maximum Gasteiger partial charge on any atom is 0.123 e. The molecule has 4 heteroatoms. The molecule has 0 saturated carbocycles. The number of pyridine rings is 3. The molecule has 0 radical (unpaired) electrons. The van der Waals surface area contributed by atoms with Crippen LogP contribution < -0.4 is 0 Å². The highest BCUT2D eigenvalue weighted by Gasteiger charge is 2.06. The van der Waals surface area contributed by atoms with Crippen LogP contribution in [0.2, 0.25) is 0 Å². The maximum atomic E-state index is 13.2. The van der Waals surface area contributed by atoms with Crippen molar-refractivity contribution < 1.29 is 4.39 Å². The molecular weight excluding hydrogens is 361 g/mol. The summed E-state index contributed by atoms with van der Waals surface area (Å²) in [6.07, 6.45) is 7.27. The normalized spacial score (nSPS) is 10.9. The van der Waals surface area contributed by atoms with Gasteiger partial charge in [0.15, 0.2) is 0 Å². The van der Waals surface area contributed by atoms with Gasteiger partial charge < -0.3 is 0 Å². The Balaban J connectivity index is 1.47. The van der Waals surface area contributed by atoms with E-state index in [4.69, 9.17) is 0 Å². The van der Waals surface area contributed by atoms with Gasteiger partial charge in [0.25, 0.3) is 0 Å². The molecule has 0 fully saturated rings. The van der Waals surface area contributed by atoms with Crippen LogP contribution in [0.4, 0.5) is 4.39 Å². The molecule has 0 saturated heterocycles. The van der Waals surface area contributed by atoms with Crippen LogP contribution in [0.5, 0.6) is 0 Å². The van der Waals surface area contributed by atoms with Gasteiger partial charge in [-0.2, -0.15) is 0 Å². The monoisotopic (exact) mass is 377 g/mol. The van der Waals surface area contributed by atoms with Gasteiger partial charge in [0.2, 0.25) is 0 Å². The molecule has 29 heavy (non-hydrogen) atoms. The van der Waals surface area contributed by atoms with E-state index in [0.29, 0.717) is 0 Å². The standard InChI is InChI=1S/C25H16FN3/c26-23-8-5-17(6-9-23)18-3-4-19-12-22(16-29-25(19)13-18)20-7-10-24(28-15-20)21-2-1-11-27-14-21/h1-16H. The Morgan fingerprint density at radius 3 is 2.14 bits per heavy atom. The second-order valence-corrected chi connectivity index (χ2v) is 6.81. The number of rotatable bonds is 3. The summed E-state index contributed by atoms with van der Waals surface area (Å²) < 4.78 is 13.2. The fraction of sp³-hybridized carbons (Fsp3) is 0. The average Bonchev–Trinajstić information content (AvgIpc) is 2.80. The summed E-state index contributed by atoms with van der Waals surface area (Å²) in [5.74, 6) is -0.236. The van der Waals surface area contributed by atoms with E-state index in [1.807, 2.05) is 54.9 Å². The van der Waals surface area contributed by atoms with Gasteiger partial charge in [-0.1, -0.05) is 30.3 Å². The zero-order valence-corrected chi connectivity index (χ0v) is 15.5. The van der Waals surface area contributed by atoms with E-state index in [0.717, 1.165) is 44.4 Å². The van der Waals surface area contributed by atoms with Crippen molar-refractivity contribution in [3.05, 3.63) is 103 Å². The van der Waals surface area contributed by atoms with Crippen molar-refractivity contribution in [2.24, 2.45) is 0 Å². The largest absolute Gasteiger partial charge is 0.264 e. The third-order valence-corrected chi connectivity index (χ3v) is 4.92. The van der Waals surface area contributed by atoms with E-state index < -0.39 is 0 Å². The number of benzene rings is 2. The summed E-state index contributed by atoms with van der Waals surface area (Å²) in [7, 11) is 0. The Morgan fingerprint density at radius 1 is 0.586 bits per heavy atom. The van der Waals surface area contributed by atoms with Gasteiger partial charge >= 0.3 is 0 Å². The molecule has 0 atom stereocenters. The van der Waals surface area contributed by atoms with E-state index >= 15 is 0 Å². The number of nitrogens with zero attached hydrogens (tertiary/aromatic N) is 3. The van der Waals surface area contributed by atoms with Gasteiger partial charge in [-0.3, -0.25) is 15.0 Å². The predicted molar refractivity (Wildman–Crippen MR) is 114 cm³/mol. The van der Waals surface area contributed by atoms with Gasteiger partial charge in [0.05, 0.1) is 11.2 Å². The summed E-state index contributed by atoms with van der Waals surface area (Å²) in [4.78, 5) is 13.3. The Kier molecular flexibility index (Phi) is 4.30. The fourth-order valence-corrected chi connectivity index (χ4v) is 3.35. The summed E-state index contributed by atoms with van der Waals surface area (Å²) in [6.45, 7) is 0. The molecule has 3 aromatic heterocycles. The van der Waals surface area contributed by atoms with Gasteiger partial charge in [0.1, 0.15) is 5.82 Å². The van der Waals surface area contributed by atoms with E-state index in [1.165, 1.54) is 12.1 Å². The van der Waals surface area contributed by atoms with Crippen molar-refractivity contribution >= 4 is 10.9 Å². The first kappa shape index (κ1) is 17.2. The smallest absolute Gasteiger partial charge is 0.123 e. The topological polar surface area (TPSA) is 38.7 Å². The van der Waals surface area contributed by atoms with Crippen LogP contribution in [0.25, 0.3) is 44.4 Å². The number of aromatic nitrogens is 3. The summed E-state index contributed by atoms with van der Waals surface area (Å²) in [5, 5.41) is 1.05. The van der Waals surface area contributed by atoms with Crippen molar-refractivity contribution in [2.45, 2.75) is 0 Å². The summed E-state index contributed by atoms with van der Waals surface area (Å²) >= 11 is 0. The molecule has 0 bridgehead atoms. The number of fused-ring (bicyclic) bond motifs is 1. The van der Waals surface area contributed by atoms with Crippen LogP contribution >= 0.6 is 0 Å². The summed E-state index contributed by atoms with van der Waals surface area (Å²) in [5.41, 5.74) is 6.78. The highest BCUT2D eigenvalue weighted by Crippen LogP contribution is 2.27. The first-order valence-corrected chi connectivity index (χ1v) is 9.29. The second-order valence-electron chi connectivity index (χ2n) is 6.81. The molecule has 3 nitrogen and oxygen atoms in total. The minimum absolute atomic E-state index is 0.236. The minimum atomic E-state index is -0.236. The van der Waals surface area contributed by atoms with Crippen molar-refractivity contribution in [3.63, 3.8) is 0 Å². The van der Waals surface area contributed by atoms with Crippen LogP contribution in [0.1, 0.15) is 0 Å². The maximum absolute atomic E-state index is 13.2. The van der Waals surface area contributed by atoms with Crippen LogP contribution in [0, 0.1) is 5.82 Å². The zero-order chi connectivity index (χ0) is 19.6. The molecule has 0 aliphatic rings. The van der Waals surface area contributed by atoms with Crippen molar-refractivity contribution in [1.82, 2.24) is 15.0 Å². The number of hydrogen-bond donors (Lipinski definition) is 0. The molecule has 0 aliphatic carbocycles. The minimum Gasteiger partial charge on any atom is -0.264 e. The van der Waals surface area contributed by atoms with E-state index in [2.05, 4.69) is 21.0 Å². The Labute approximate surface area is 167 Å². The van der Waals surface area contributed by atoms with Gasteiger partial charge in [-0.05, 0) is 53.6 Å². The predicted octanol–water partition coefficient (Wildman–Crippen LogP) is 6.16.